The topological polar surface area (TPSA) is 12.9 Å². The molecule has 1 aromatic carbocycles. The molecular formula is C12H9F2N. The van der Waals surface area contributed by atoms with Crippen molar-refractivity contribution in [1.29, 1.82) is 0 Å². The molecule has 3 heteroatoms. The van der Waals surface area contributed by atoms with E-state index in [1.54, 1.807) is 12.1 Å². The van der Waals surface area contributed by atoms with E-state index in [-0.39, 0.29) is 0 Å². The Labute approximate surface area is 86.4 Å². The highest BCUT2D eigenvalue weighted by Gasteiger charge is 2.06. The average Bonchev–Trinajstić information content (AvgIpc) is 2.22. The fourth-order valence-electron chi connectivity index (χ4n) is 1.39. The Morgan fingerprint density at radius 3 is 2.60 bits per heavy atom. The Bertz CT molecular complexity index is 495. The van der Waals surface area contributed by atoms with E-state index < -0.39 is 11.6 Å². The first-order valence-corrected chi connectivity index (χ1v) is 4.55. The summed E-state index contributed by atoms with van der Waals surface area (Å²) in [6, 6.07) is 7.13. The second-order valence-corrected chi connectivity index (χ2v) is 3.34. The van der Waals surface area contributed by atoms with Crippen LogP contribution in [0.1, 0.15) is 5.56 Å². The van der Waals surface area contributed by atoms with Crippen LogP contribution in [0.15, 0.2) is 36.5 Å². The summed E-state index contributed by atoms with van der Waals surface area (Å²) in [7, 11) is 0. The van der Waals surface area contributed by atoms with Crippen molar-refractivity contribution in [2.24, 2.45) is 0 Å². The highest BCUT2D eigenvalue weighted by molar-refractivity contribution is 5.60. The van der Waals surface area contributed by atoms with Crippen molar-refractivity contribution in [3.63, 3.8) is 0 Å². The lowest BCUT2D eigenvalue weighted by Gasteiger charge is -2.03. The first-order chi connectivity index (χ1) is 7.16. The first kappa shape index (κ1) is 9.77. The lowest BCUT2D eigenvalue weighted by Crippen LogP contribution is -1.89. The number of hydrogen-bond donors (Lipinski definition) is 0. The van der Waals surface area contributed by atoms with Crippen LogP contribution in [0, 0.1) is 18.6 Å². The maximum atomic E-state index is 13.4. The molecule has 0 N–H and O–H groups in total. The van der Waals surface area contributed by atoms with Crippen LogP contribution < -0.4 is 0 Å². The molecule has 0 aliphatic rings. The second-order valence-electron chi connectivity index (χ2n) is 3.34. The molecule has 1 aromatic heterocycles. The molecule has 0 saturated heterocycles. The van der Waals surface area contributed by atoms with Crippen molar-refractivity contribution < 1.29 is 8.78 Å². The molecule has 0 spiro atoms. The van der Waals surface area contributed by atoms with Crippen molar-refractivity contribution >= 4 is 0 Å². The van der Waals surface area contributed by atoms with Crippen molar-refractivity contribution in [3.05, 3.63) is 53.7 Å². The normalized spacial score (nSPS) is 10.3. The van der Waals surface area contributed by atoms with Crippen molar-refractivity contribution in [2.45, 2.75) is 6.92 Å². The fraction of sp³-hybridized carbons (Fsp3) is 0.0833. The van der Waals surface area contributed by atoms with Gasteiger partial charge in [-0.1, -0.05) is 11.6 Å². The van der Waals surface area contributed by atoms with Gasteiger partial charge in [0.15, 0.2) is 0 Å². The molecule has 0 fully saturated rings. The van der Waals surface area contributed by atoms with Gasteiger partial charge >= 0.3 is 0 Å². The molecule has 0 aliphatic carbocycles. The van der Waals surface area contributed by atoms with E-state index in [4.69, 9.17) is 0 Å². The maximum Gasteiger partial charge on any atom is 0.132 e. The number of nitrogens with zero attached hydrogens (tertiary/aromatic N) is 1. The Hall–Kier alpha value is -1.77. The third-order valence-corrected chi connectivity index (χ3v) is 2.12. The summed E-state index contributed by atoms with van der Waals surface area (Å²) in [6.45, 7) is 1.85. The Balaban J connectivity index is 2.58. The van der Waals surface area contributed by atoms with Crippen LogP contribution in [0.4, 0.5) is 8.78 Å². The maximum absolute atomic E-state index is 13.4. The third-order valence-electron chi connectivity index (χ3n) is 2.12. The van der Waals surface area contributed by atoms with Gasteiger partial charge in [-0.15, -0.1) is 0 Å². The van der Waals surface area contributed by atoms with Crippen LogP contribution in [0.25, 0.3) is 11.3 Å². The zero-order chi connectivity index (χ0) is 10.8. The van der Waals surface area contributed by atoms with Crippen LogP contribution in [-0.2, 0) is 0 Å². The summed E-state index contributed by atoms with van der Waals surface area (Å²) >= 11 is 0. The summed E-state index contributed by atoms with van der Waals surface area (Å²) in [5.74, 6) is -0.806. The molecule has 76 valence electrons. The molecule has 0 bridgehead atoms. The van der Waals surface area contributed by atoms with Crippen molar-refractivity contribution in [2.75, 3.05) is 0 Å². The predicted molar refractivity (Wildman–Crippen MR) is 54.3 cm³/mol. The van der Waals surface area contributed by atoms with Crippen molar-refractivity contribution in [1.82, 2.24) is 4.98 Å². The SMILES string of the molecule is Cc1ccc(F)c(-c2cc(F)ccn2)c1. The van der Waals surface area contributed by atoms with Gasteiger partial charge in [-0.3, -0.25) is 4.98 Å². The zero-order valence-electron chi connectivity index (χ0n) is 8.17. The van der Waals surface area contributed by atoms with E-state index in [1.165, 1.54) is 24.4 Å². The van der Waals surface area contributed by atoms with E-state index in [0.717, 1.165) is 5.56 Å². The minimum Gasteiger partial charge on any atom is -0.256 e. The largest absolute Gasteiger partial charge is 0.256 e. The van der Waals surface area contributed by atoms with Gasteiger partial charge in [0.2, 0.25) is 0 Å². The zero-order valence-corrected chi connectivity index (χ0v) is 8.17. The Kier molecular flexibility index (Phi) is 2.46. The molecule has 2 rings (SSSR count). The highest BCUT2D eigenvalue weighted by atomic mass is 19.1. The van der Waals surface area contributed by atoms with E-state index in [1.807, 2.05) is 6.92 Å². The molecule has 0 unspecified atom stereocenters. The quantitative estimate of drug-likeness (QED) is 0.695. The molecule has 0 amide bonds. The van der Waals surface area contributed by atoms with Crippen LogP contribution in [0.3, 0.4) is 0 Å². The van der Waals surface area contributed by atoms with Gasteiger partial charge in [0, 0.05) is 17.8 Å². The smallest absolute Gasteiger partial charge is 0.132 e. The van der Waals surface area contributed by atoms with Gasteiger partial charge in [-0.05, 0) is 25.1 Å². The summed E-state index contributed by atoms with van der Waals surface area (Å²) in [5, 5.41) is 0. The number of pyridine rings is 1. The molecule has 0 saturated carbocycles. The number of aromatic nitrogens is 1. The predicted octanol–water partition coefficient (Wildman–Crippen LogP) is 3.34. The molecule has 2 aromatic rings. The highest BCUT2D eigenvalue weighted by Crippen LogP contribution is 2.22. The molecular weight excluding hydrogens is 196 g/mol. The molecule has 0 aliphatic heterocycles. The Morgan fingerprint density at radius 1 is 1.07 bits per heavy atom. The van der Waals surface area contributed by atoms with Crippen LogP contribution in [0.2, 0.25) is 0 Å². The summed E-state index contributed by atoms with van der Waals surface area (Å²) in [5.41, 5.74) is 1.56. The van der Waals surface area contributed by atoms with E-state index >= 15 is 0 Å². The lowest BCUT2D eigenvalue weighted by atomic mass is 10.1. The van der Waals surface area contributed by atoms with E-state index in [2.05, 4.69) is 4.98 Å². The molecule has 1 heterocycles. The molecule has 0 atom stereocenters. The average molecular weight is 205 g/mol. The van der Waals surface area contributed by atoms with Gasteiger partial charge in [-0.2, -0.15) is 0 Å². The second kappa shape index (κ2) is 3.77. The van der Waals surface area contributed by atoms with Gasteiger partial charge in [0.05, 0.1) is 5.69 Å². The number of benzene rings is 1. The minimum absolute atomic E-state index is 0.316. The van der Waals surface area contributed by atoms with Gasteiger partial charge < -0.3 is 0 Å². The summed E-state index contributed by atoms with van der Waals surface area (Å²) < 4.78 is 26.3. The fourth-order valence-corrected chi connectivity index (χ4v) is 1.39. The van der Waals surface area contributed by atoms with Gasteiger partial charge in [0.1, 0.15) is 11.6 Å². The Morgan fingerprint density at radius 2 is 1.87 bits per heavy atom. The van der Waals surface area contributed by atoms with Crippen LogP contribution in [0.5, 0.6) is 0 Å². The summed E-state index contributed by atoms with van der Waals surface area (Å²) in [6.07, 6.45) is 1.33. The monoisotopic (exact) mass is 205 g/mol. The van der Waals surface area contributed by atoms with Gasteiger partial charge in [-0.25, -0.2) is 8.78 Å². The number of rotatable bonds is 1. The van der Waals surface area contributed by atoms with E-state index in [0.29, 0.717) is 11.3 Å². The molecule has 1 nitrogen and oxygen atoms in total. The van der Waals surface area contributed by atoms with Gasteiger partial charge in [0.25, 0.3) is 0 Å². The molecule has 15 heavy (non-hydrogen) atoms. The van der Waals surface area contributed by atoms with Crippen LogP contribution >= 0.6 is 0 Å². The van der Waals surface area contributed by atoms with E-state index in [9.17, 15) is 8.78 Å². The number of halogens is 2. The third kappa shape index (κ3) is 2.01. The minimum atomic E-state index is -0.416. The number of aryl methyl sites for hydroxylation is 1. The first-order valence-electron chi connectivity index (χ1n) is 4.55. The molecule has 0 radical (unpaired) electrons. The lowest BCUT2D eigenvalue weighted by molar-refractivity contribution is 0.622. The number of hydrogen-bond acceptors (Lipinski definition) is 1. The standard InChI is InChI=1S/C12H9F2N/c1-8-2-3-11(14)10(6-8)12-7-9(13)4-5-15-12/h2-7H,1H3. The van der Waals surface area contributed by atoms with Crippen molar-refractivity contribution in [3.8, 4) is 11.3 Å². The van der Waals surface area contributed by atoms with Crippen LogP contribution in [-0.4, -0.2) is 4.98 Å². The summed E-state index contributed by atoms with van der Waals surface area (Å²) in [4.78, 5) is 3.93.